The van der Waals surface area contributed by atoms with Crippen LogP contribution < -0.4 is 4.74 Å². The molecule has 0 aromatic heterocycles. The maximum absolute atomic E-state index is 12.2. The number of alkyl halides is 3. The van der Waals surface area contributed by atoms with Crippen LogP contribution in [0.25, 0.3) is 0 Å². The Labute approximate surface area is 148 Å². The Morgan fingerprint density at radius 1 is 1.12 bits per heavy atom. The minimum Gasteiger partial charge on any atom is -0.406 e. The van der Waals surface area contributed by atoms with E-state index in [9.17, 15) is 18.3 Å². The zero-order valence-electron chi connectivity index (χ0n) is 13.7. The smallest absolute Gasteiger partial charge is 0.406 e. The van der Waals surface area contributed by atoms with Gasteiger partial charge in [-0.05, 0) is 48.2 Å². The number of benzene rings is 2. The Morgan fingerprint density at radius 2 is 1.76 bits per heavy atom. The predicted molar refractivity (Wildman–Crippen MR) is 88.8 cm³/mol. The van der Waals surface area contributed by atoms with Crippen molar-refractivity contribution in [3.8, 4) is 5.75 Å². The van der Waals surface area contributed by atoms with Crippen molar-refractivity contribution in [2.24, 2.45) is 0 Å². The van der Waals surface area contributed by atoms with Gasteiger partial charge in [0.25, 0.3) is 0 Å². The summed E-state index contributed by atoms with van der Waals surface area (Å²) in [6, 6.07) is 10.9. The van der Waals surface area contributed by atoms with Crippen LogP contribution in [0.1, 0.15) is 29.7 Å². The summed E-state index contributed by atoms with van der Waals surface area (Å²) < 4.78 is 45.7. The van der Waals surface area contributed by atoms with Crippen molar-refractivity contribution in [2.75, 3.05) is 7.11 Å². The normalized spacial score (nSPS) is 14.2. The van der Waals surface area contributed by atoms with Crippen LogP contribution >= 0.6 is 11.6 Å². The summed E-state index contributed by atoms with van der Waals surface area (Å²) in [5.74, 6) is -0.273. The van der Waals surface area contributed by atoms with E-state index in [1.807, 2.05) is 6.07 Å². The number of ether oxygens (including phenoxy) is 2. The van der Waals surface area contributed by atoms with Gasteiger partial charge in [0.1, 0.15) is 11.9 Å². The maximum atomic E-state index is 12.2. The molecule has 2 rings (SSSR count). The molecule has 0 spiro atoms. The van der Waals surface area contributed by atoms with E-state index in [4.69, 9.17) is 16.3 Å². The van der Waals surface area contributed by atoms with Gasteiger partial charge in [-0.3, -0.25) is 0 Å². The van der Waals surface area contributed by atoms with Crippen LogP contribution in [0.3, 0.4) is 0 Å². The molecule has 0 fully saturated rings. The molecule has 0 amide bonds. The van der Waals surface area contributed by atoms with Crippen molar-refractivity contribution in [3.63, 3.8) is 0 Å². The predicted octanol–water partition coefficient (Wildman–Crippen LogP) is 4.90. The molecule has 2 atom stereocenters. The molecule has 0 aliphatic heterocycles. The van der Waals surface area contributed by atoms with Crippen molar-refractivity contribution in [1.29, 1.82) is 0 Å². The van der Waals surface area contributed by atoms with Gasteiger partial charge < -0.3 is 14.6 Å². The number of hydrogen-bond donors (Lipinski definition) is 1. The summed E-state index contributed by atoms with van der Waals surface area (Å²) in [7, 11) is 1.51. The summed E-state index contributed by atoms with van der Waals surface area (Å²) in [6.07, 6.45) is -5.47. The highest BCUT2D eigenvalue weighted by atomic mass is 35.5. The maximum Gasteiger partial charge on any atom is 0.573 e. The summed E-state index contributed by atoms with van der Waals surface area (Å²) in [5.41, 5.74) is 2.33. The zero-order chi connectivity index (χ0) is 18.6. The second-order valence-electron chi connectivity index (χ2n) is 5.62. The monoisotopic (exact) mass is 374 g/mol. The lowest BCUT2D eigenvalue weighted by Gasteiger charge is -2.20. The van der Waals surface area contributed by atoms with Crippen molar-refractivity contribution >= 4 is 11.6 Å². The van der Waals surface area contributed by atoms with Crippen LogP contribution in [0.4, 0.5) is 13.2 Å². The van der Waals surface area contributed by atoms with E-state index >= 15 is 0 Å². The van der Waals surface area contributed by atoms with Crippen LogP contribution in [0, 0.1) is 0 Å². The largest absolute Gasteiger partial charge is 0.573 e. The second kappa shape index (κ2) is 8.08. The SMILES string of the molecule is CO[C@@H](c1ccc(Cl)c(Cc2ccc(OC(F)(F)F)cc2)c1)[C@@H](C)O. The Morgan fingerprint density at radius 3 is 2.28 bits per heavy atom. The fourth-order valence-corrected chi connectivity index (χ4v) is 2.73. The van der Waals surface area contributed by atoms with Crippen LogP contribution in [-0.4, -0.2) is 24.7 Å². The quantitative estimate of drug-likeness (QED) is 0.781. The molecular formula is C18H18ClF3O3. The Balaban J connectivity index is 2.19. The van der Waals surface area contributed by atoms with E-state index in [1.54, 1.807) is 31.2 Å². The first-order chi connectivity index (χ1) is 11.7. The molecule has 0 aliphatic rings. The first kappa shape index (κ1) is 19.6. The molecule has 0 radical (unpaired) electrons. The van der Waals surface area contributed by atoms with Crippen molar-refractivity contribution < 1.29 is 27.8 Å². The molecule has 2 aromatic rings. The number of hydrogen-bond acceptors (Lipinski definition) is 3. The number of aliphatic hydroxyl groups is 1. The minimum atomic E-state index is -4.71. The number of aliphatic hydroxyl groups excluding tert-OH is 1. The summed E-state index contributed by atoms with van der Waals surface area (Å²) in [6.45, 7) is 1.63. The van der Waals surface area contributed by atoms with Crippen LogP contribution in [-0.2, 0) is 11.2 Å². The molecule has 0 unspecified atom stereocenters. The highest BCUT2D eigenvalue weighted by Crippen LogP contribution is 2.28. The van der Waals surface area contributed by atoms with Gasteiger partial charge in [0, 0.05) is 12.1 Å². The molecule has 0 bridgehead atoms. The Bertz CT molecular complexity index is 700. The lowest BCUT2D eigenvalue weighted by atomic mass is 9.98. The third-order valence-corrected chi connectivity index (χ3v) is 4.01. The third-order valence-electron chi connectivity index (χ3n) is 3.64. The van der Waals surface area contributed by atoms with E-state index in [0.717, 1.165) is 16.7 Å². The molecule has 1 N–H and O–H groups in total. The first-order valence-corrected chi connectivity index (χ1v) is 7.91. The molecule has 2 aromatic carbocycles. The standard InChI is InChI=1S/C18H18ClF3O3/c1-11(23)17(24-2)13-5-8-16(19)14(10-13)9-12-3-6-15(7-4-12)25-18(20,21)22/h3-8,10-11,17,23H,9H2,1-2H3/t11-,17-/m1/s1. The van der Waals surface area contributed by atoms with E-state index in [-0.39, 0.29) is 5.75 Å². The first-order valence-electron chi connectivity index (χ1n) is 7.53. The summed E-state index contributed by atoms with van der Waals surface area (Å²) in [5, 5.41) is 10.3. The fraction of sp³-hybridized carbons (Fsp3) is 0.333. The number of halogens is 4. The van der Waals surface area contributed by atoms with E-state index in [1.165, 1.54) is 19.2 Å². The van der Waals surface area contributed by atoms with Crippen LogP contribution in [0.2, 0.25) is 5.02 Å². The molecule has 7 heteroatoms. The third kappa shape index (κ3) is 5.63. The zero-order valence-corrected chi connectivity index (χ0v) is 14.4. The molecule has 0 saturated heterocycles. The Kier molecular flexibility index (Phi) is 6.32. The summed E-state index contributed by atoms with van der Waals surface area (Å²) >= 11 is 6.22. The molecule has 3 nitrogen and oxygen atoms in total. The Hall–Kier alpha value is -1.76. The van der Waals surface area contributed by atoms with Gasteiger partial charge >= 0.3 is 6.36 Å². The lowest BCUT2D eigenvalue weighted by Crippen LogP contribution is -2.17. The van der Waals surface area contributed by atoms with Gasteiger partial charge in [-0.15, -0.1) is 13.2 Å². The summed E-state index contributed by atoms with van der Waals surface area (Å²) in [4.78, 5) is 0. The van der Waals surface area contributed by atoms with Gasteiger partial charge in [-0.1, -0.05) is 35.9 Å². The molecule has 0 heterocycles. The fourth-order valence-electron chi connectivity index (χ4n) is 2.55. The topological polar surface area (TPSA) is 38.7 Å². The molecule has 136 valence electrons. The van der Waals surface area contributed by atoms with Crippen LogP contribution in [0.15, 0.2) is 42.5 Å². The van der Waals surface area contributed by atoms with Crippen molar-refractivity contribution in [2.45, 2.75) is 31.9 Å². The molecular weight excluding hydrogens is 357 g/mol. The van der Waals surface area contributed by atoms with Crippen molar-refractivity contribution in [1.82, 2.24) is 0 Å². The van der Waals surface area contributed by atoms with Gasteiger partial charge in [-0.2, -0.15) is 0 Å². The highest BCUT2D eigenvalue weighted by Gasteiger charge is 2.30. The van der Waals surface area contributed by atoms with Crippen LogP contribution in [0.5, 0.6) is 5.75 Å². The van der Waals surface area contributed by atoms with E-state index in [2.05, 4.69) is 4.74 Å². The van der Waals surface area contributed by atoms with Crippen molar-refractivity contribution in [3.05, 3.63) is 64.2 Å². The second-order valence-corrected chi connectivity index (χ2v) is 6.02. The van der Waals surface area contributed by atoms with Gasteiger partial charge in [0.2, 0.25) is 0 Å². The molecule has 0 aliphatic carbocycles. The van der Waals surface area contributed by atoms with Gasteiger partial charge in [0.05, 0.1) is 6.10 Å². The van der Waals surface area contributed by atoms with E-state index < -0.39 is 18.6 Å². The molecule has 25 heavy (non-hydrogen) atoms. The molecule has 0 saturated carbocycles. The van der Waals surface area contributed by atoms with Gasteiger partial charge in [-0.25, -0.2) is 0 Å². The lowest BCUT2D eigenvalue weighted by molar-refractivity contribution is -0.274. The highest BCUT2D eigenvalue weighted by molar-refractivity contribution is 6.31. The average Bonchev–Trinajstić information content (AvgIpc) is 2.51. The average molecular weight is 375 g/mol. The minimum absolute atomic E-state index is 0.273. The van der Waals surface area contributed by atoms with E-state index in [0.29, 0.717) is 11.4 Å². The number of rotatable bonds is 6. The number of methoxy groups -OCH3 is 1. The van der Waals surface area contributed by atoms with Gasteiger partial charge in [0.15, 0.2) is 0 Å².